The molecular weight excluding hydrogens is 497 g/mol. The molecule has 0 unspecified atom stereocenters. The van der Waals surface area contributed by atoms with Crippen LogP contribution in [0.15, 0.2) is 34.3 Å². The van der Waals surface area contributed by atoms with Gasteiger partial charge in [0.1, 0.15) is 5.01 Å². The number of thiazole rings is 1. The van der Waals surface area contributed by atoms with Crippen LogP contribution in [0.25, 0.3) is 0 Å². The number of guanidine groups is 1. The Morgan fingerprint density at radius 2 is 1.93 bits per heavy atom. The smallest absolute Gasteiger partial charge is 0.240 e. The first-order valence-electron chi connectivity index (χ1n) is 8.24. The molecule has 27 heavy (non-hydrogen) atoms. The molecule has 0 bridgehead atoms. The topological polar surface area (TPSA) is 95.5 Å². The lowest BCUT2D eigenvalue weighted by atomic mass is 10.2. The summed E-state index contributed by atoms with van der Waals surface area (Å²) in [4.78, 5) is 9.88. The molecule has 0 aliphatic rings. The summed E-state index contributed by atoms with van der Waals surface area (Å²) in [6.07, 6.45) is 1.83. The zero-order chi connectivity index (χ0) is 19.2. The first-order chi connectivity index (χ1) is 12.3. The number of benzene rings is 1. The van der Waals surface area contributed by atoms with Gasteiger partial charge in [-0.25, -0.2) is 18.1 Å². The molecule has 1 heterocycles. The Bertz CT molecular complexity index is 881. The number of aryl methyl sites for hydroxylation is 3. The van der Waals surface area contributed by atoms with Gasteiger partial charge in [0, 0.05) is 31.2 Å². The van der Waals surface area contributed by atoms with Crippen molar-refractivity contribution >= 4 is 51.3 Å². The number of aromatic nitrogens is 1. The molecule has 10 heteroatoms. The van der Waals surface area contributed by atoms with Crippen LogP contribution < -0.4 is 15.4 Å². The fourth-order valence-corrected chi connectivity index (χ4v) is 4.39. The number of aliphatic imine (C=N–C) groups is 1. The van der Waals surface area contributed by atoms with Crippen LogP contribution in [-0.4, -0.2) is 39.5 Å². The van der Waals surface area contributed by atoms with Gasteiger partial charge in [0.15, 0.2) is 5.96 Å². The predicted molar refractivity (Wildman–Crippen MR) is 122 cm³/mol. The molecule has 0 amide bonds. The van der Waals surface area contributed by atoms with Crippen molar-refractivity contribution in [1.82, 2.24) is 20.3 Å². The van der Waals surface area contributed by atoms with Crippen LogP contribution in [0.3, 0.4) is 0 Å². The van der Waals surface area contributed by atoms with E-state index in [4.69, 9.17) is 0 Å². The standard InChI is InChI=1S/C17H25N5O2S2.HI/c1-12-5-6-13(2)15(9-12)26(23,24)22-8-7-19-17(18-4)21-11-16-20-10-14(3)25-16;/h5-6,9-10,22H,7-8,11H2,1-4H3,(H2,18,19,21);1H. The first kappa shape index (κ1) is 23.8. The van der Waals surface area contributed by atoms with Crippen molar-refractivity contribution in [3.05, 3.63) is 45.4 Å². The number of rotatable bonds is 7. The maximum atomic E-state index is 12.4. The fourth-order valence-electron chi connectivity index (χ4n) is 2.30. The van der Waals surface area contributed by atoms with Crippen molar-refractivity contribution in [1.29, 1.82) is 0 Å². The second kappa shape index (κ2) is 10.9. The number of halogens is 1. The second-order valence-corrected chi connectivity index (χ2v) is 8.94. The zero-order valence-electron chi connectivity index (χ0n) is 15.9. The summed E-state index contributed by atoms with van der Waals surface area (Å²) in [5.41, 5.74) is 1.64. The summed E-state index contributed by atoms with van der Waals surface area (Å²) >= 11 is 1.62. The molecule has 2 rings (SSSR count). The minimum atomic E-state index is -3.53. The molecule has 1 aromatic carbocycles. The molecule has 7 nitrogen and oxygen atoms in total. The van der Waals surface area contributed by atoms with Crippen molar-refractivity contribution in [2.75, 3.05) is 20.1 Å². The maximum absolute atomic E-state index is 12.4. The van der Waals surface area contributed by atoms with E-state index in [1.165, 1.54) is 0 Å². The molecule has 0 saturated heterocycles. The van der Waals surface area contributed by atoms with Gasteiger partial charge in [-0.2, -0.15) is 0 Å². The molecule has 2 aromatic rings. The molecule has 0 atom stereocenters. The summed E-state index contributed by atoms with van der Waals surface area (Å²) in [6, 6.07) is 5.39. The van der Waals surface area contributed by atoms with Gasteiger partial charge in [-0.05, 0) is 38.0 Å². The number of sulfonamides is 1. The van der Waals surface area contributed by atoms with Crippen LogP contribution in [0.5, 0.6) is 0 Å². The SMILES string of the molecule is CN=C(NCCNS(=O)(=O)c1cc(C)ccc1C)NCc1ncc(C)s1.I. The number of hydrogen-bond donors (Lipinski definition) is 3. The maximum Gasteiger partial charge on any atom is 0.240 e. The van der Waals surface area contributed by atoms with E-state index >= 15 is 0 Å². The van der Waals surface area contributed by atoms with Crippen LogP contribution in [-0.2, 0) is 16.6 Å². The average Bonchev–Trinajstić information content (AvgIpc) is 3.01. The molecule has 150 valence electrons. The Morgan fingerprint density at radius 1 is 1.19 bits per heavy atom. The van der Waals surface area contributed by atoms with Gasteiger partial charge < -0.3 is 10.6 Å². The van der Waals surface area contributed by atoms with E-state index in [9.17, 15) is 8.42 Å². The Morgan fingerprint density at radius 3 is 2.56 bits per heavy atom. The Hall–Kier alpha value is -1.24. The van der Waals surface area contributed by atoms with Gasteiger partial charge in [-0.3, -0.25) is 4.99 Å². The van der Waals surface area contributed by atoms with Gasteiger partial charge in [0.2, 0.25) is 10.0 Å². The lowest BCUT2D eigenvalue weighted by Crippen LogP contribution is -2.41. The van der Waals surface area contributed by atoms with Crippen molar-refractivity contribution in [3.63, 3.8) is 0 Å². The van der Waals surface area contributed by atoms with Crippen LogP contribution in [0.4, 0.5) is 0 Å². The third-order valence-corrected chi connectivity index (χ3v) is 6.16. The molecule has 0 spiro atoms. The summed E-state index contributed by atoms with van der Waals surface area (Å²) < 4.78 is 27.5. The van der Waals surface area contributed by atoms with Gasteiger partial charge in [0.25, 0.3) is 0 Å². The van der Waals surface area contributed by atoms with Gasteiger partial charge in [-0.15, -0.1) is 35.3 Å². The molecule has 0 aliphatic carbocycles. The van der Waals surface area contributed by atoms with Crippen molar-refractivity contribution < 1.29 is 8.42 Å². The number of nitrogens with zero attached hydrogens (tertiary/aromatic N) is 2. The summed E-state index contributed by atoms with van der Waals surface area (Å²) in [5, 5.41) is 7.21. The Labute approximate surface area is 182 Å². The summed E-state index contributed by atoms with van der Waals surface area (Å²) in [6.45, 7) is 6.92. The van der Waals surface area contributed by atoms with Gasteiger partial charge in [0.05, 0.1) is 11.4 Å². The molecule has 1 aromatic heterocycles. The highest BCUT2D eigenvalue weighted by Gasteiger charge is 2.16. The number of hydrogen-bond acceptors (Lipinski definition) is 5. The van der Waals surface area contributed by atoms with E-state index in [2.05, 4.69) is 25.3 Å². The molecule has 0 radical (unpaired) electrons. The lowest BCUT2D eigenvalue weighted by molar-refractivity contribution is 0.580. The summed E-state index contributed by atoms with van der Waals surface area (Å²) in [5.74, 6) is 0.601. The van der Waals surface area contributed by atoms with Crippen molar-refractivity contribution in [2.45, 2.75) is 32.2 Å². The van der Waals surface area contributed by atoms with Crippen LogP contribution in [0.1, 0.15) is 21.0 Å². The molecule has 3 N–H and O–H groups in total. The van der Waals surface area contributed by atoms with E-state index in [0.29, 0.717) is 23.9 Å². The predicted octanol–water partition coefficient (Wildman–Crippen LogP) is 2.33. The Balaban J connectivity index is 0.00000364. The summed E-state index contributed by atoms with van der Waals surface area (Å²) in [7, 11) is -1.86. The van der Waals surface area contributed by atoms with E-state index in [0.717, 1.165) is 21.0 Å². The highest BCUT2D eigenvalue weighted by molar-refractivity contribution is 14.0. The van der Waals surface area contributed by atoms with Crippen molar-refractivity contribution in [2.24, 2.45) is 4.99 Å². The lowest BCUT2D eigenvalue weighted by Gasteiger charge is -2.13. The van der Waals surface area contributed by atoms with Gasteiger partial charge in [-0.1, -0.05) is 12.1 Å². The average molecular weight is 523 g/mol. The largest absolute Gasteiger partial charge is 0.355 e. The minimum Gasteiger partial charge on any atom is -0.355 e. The monoisotopic (exact) mass is 523 g/mol. The van der Waals surface area contributed by atoms with Crippen LogP contribution >= 0.6 is 35.3 Å². The quantitative estimate of drug-likeness (QED) is 0.224. The number of nitrogens with one attached hydrogen (secondary N) is 3. The highest BCUT2D eigenvalue weighted by Crippen LogP contribution is 2.16. The molecule has 0 fully saturated rings. The highest BCUT2D eigenvalue weighted by atomic mass is 127. The first-order valence-corrected chi connectivity index (χ1v) is 10.5. The Kier molecular flexibility index (Phi) is 9.63. The van der Waals surface area contributed by atoms with E-state index in [1.54, 1.807) is 31.4 Å². The zero-order valence-corrected chi connectivity index (χ0v) is 19.8. The second-order valence-electron chi connectivity index (χ2n) is 5.88. The minimum absolute atomic E-state index is 0. The third-order valence-electron chi connectivity index (χ3n) is 3.64. The van der Waals surface area contributed by atoms with E-state index in [-0.39, 0.29) is 30.5 Å². The van der Waals surface area contributed by atoms with Gasteiger partial charge >= 0.3 is 0 Å². The van der Waals surface area contributed by atoms with E-state index < -0.39 is 10.0 Å². The molecule has 0 aliphatic heterocycles. The normalized spacial score (nSPS) is 11.8. The van der Waals surface area contributed by atoms with E-state index in [1.807, 2.05) is 32.2 Å². The van der Waals surface area contributed by atoms with Crippen molar-refractivity contribution in [3.8, 4) is 0 Å². The fraction of sp³-hybridized carbons (Fsp3) is 0.412. The molecular formula is C17H26IN5O2S2. The molecule has 0 saturated carbocycles. The van der Waals surface area contributed by atoms with Crippen LogP contribution in [0, 0.1) is 20.8 Å². The third kappa shape index (κ3) is 7.35. The van der Waals surface area contributed by atoms with Crippen LogP contribution in [0.2, 0.25) is 0 Å².